The third-order valence-electron chi connectivity index (χ3n) is 3.10. The summed E-state index contributed by atoms with van der Waals surface area (Å²) in [7, 11) is 0. The fourth-order valence-electron chi connectivity index (χ4n) is 1.98. The van der Waals surface area contributed by atoms with E-state index in [1.807, 2.05) is 17.5 Å². The highest BCUT2D eigenvalue weighted by Crippen LogP contribution is 2.21. The Labute approximate surface area is 129 Å². The average Bonchev–Trinajstić information content (AvgIpc) is 3.04. The van der Waals surface area contributed by atoms with Crippen molar-refractivity contribution in [3.8, 4) is 10.6 Å². The number of carbonyl (C=O) groups is 1. The largest absolute Gasteiger partial charge is 0.292 e. The predicted molar refractivity (Wildman–Crippen MR) is 82.5 cm³/mol. The first kappa shape index (κ1) is 14.3. The van der Waals surface area contributed by atoms with Crippen LogP contribution in [-0.2, 0) is 6.54 Å². The van der Waals surface area contributed by atoms with Crippen LogP contribution in [0.2, 0.25) is 0 Å². The lowest BCUT2D eigenvalue weighted by atomic mass is 10.1. The van der Waals surface area contributed by atoms with Crippen LogP contribution >= 0.6 is 11.3 Å². The number of Topliss-reactive ketones (excluding diaryl/α,β-unsaturated/α-hetero) is 1. The van der Waals surface area contributed by atoms with E-state index >= 15 is 0 Å². The highest BCUT2D eigenvalue weighted by Gasteiger charge is 2.10. The quantitative estimate of drug-likeness (QED) is 0.696. The molecule has 22 heavy (non-hydrogen) atoms. The van der Waals surface area contributed by atoms with E-state index in [1.54, 1.807) is 6.07 Å². The highest BCUT2D eigenvalue weighted by atomic mass is 32.1. The number of aromatic nitrogens is 2. The second kappa shape index (κ2) is 6.03. The van der Waals surface area contributed by atoms with Gasteiger partial charge in [-0.05, 0) is 41.8 Å². The van der Waals surface area contributed by atoms with Gasteiger partial charge in [0, 0.05) is 11.6 Å². The van der Waals surface area contributed by atoms with Crippen LogP contribution in [-0.4, -0.2) is 15.6 Å². The standard InChI is InChI=1S/C16H11FN2O2S/c17-12-5-3-11(4-6-12)14(20)10-19-16(21)8-7-13(18-19)15-2-1-9-22-15/h1-9H,10H2. The van der Waals surface area contributed by atoms with E-state index in [1.165, 1.54) is 41.7 Å². The average molecular weight is 314 g/mol. The van der Waals surface area contributed by atoms with E-state index in [0.717, 1.165) is 9.56 Å². The van der Waals surface area contributed by atoms with Crippen LogP contribution in [0.25, 0.3) is 10.6 Å². The van der Waals surface area contributed by atoms with Gasteiger partial charge in [-0.1, -0.05) is 6.07 Å². The van der Waals surface area contributed by atoms with Gasteiger partial charge in [0.25, 0.3) is 5.56 Å². The van der Waals surface area contributed by atoms with E-state index < -0.39 is 5.82 Å². The number of rotatable bonds is 4. The Morgan fingerprint density at radius 3 is 2.59 bits per heavy atom. The van der Waals surface area contributed by atoms with Gasteiger partial charge in [0.2, 0.25) is 0 Å². The summed E-state index contributed by atoms with van der Waals surface area (Å²) in [5, 5.41) is 6.13. The molecule has 0 atom stereocenters. The minimum Gasteiger partial charge on any atom is -0.292 e. The molecule has 0 radical (unpaired) electrons. The highest BCUT2D eigenvalue weighted by molar-refractivity contribution is 7.13. The van der Waals surface area contributed by atoms with Gasteiger partial charge < -0.3 is 0 Å². The summed E-state index contributed by atoms with van der Waals surface area (Å²) in [6.45, 7) is -0.177. The van der Waals surface area contributed by atoms with E-state index in [4.69, 9.17) is 0 Å². The van der Waals surface area contributed by atoms with Crippen LogP contribution in [0.3, 0.4) is 0 Å². The molecule has 0 amide bonds. The van der Waals surface area contributed by atoms with Crippen LogP contribution in [0.5, 0.6) is 0 Å². The van der Waals surface area contributed by atoms with Crippen LogP contribution in [0.4, 0.5) is 4.39 Å². The zero-order valence-corrected chi connectivity index (χ0v) is 12.2. The molecule has 0 saturated carbocycles. The summed E-state index contributed by atoms with van der Waals surface area (Å²) in [5.41, 5.74) is 0.633. The first-order valence-corrected chi connectivity index (χ1v) is 7.42. The number of nitrogens with zero attached hydrogens (tertiary/aromatic N) is 2. The number of hydrogen-bond donors (Lipinski definition) is 0. The van der Waals surface area contributed by atoms with Gasteiger partial charge in [-0.25, -0.2) is 9.07 Å². The third kappa shape index (κ3) is 3.01. The molecule has 110 valence electrons. The third-order valence-corrected chi connectivity index (χ3v) is 3.99. The smallest absolute Gasteiger partial charge is 0.267 e. The van der Waals surface area contributed by atoms with Gasteiger partial charge in [-0.3, -0.25) is 9.59 Å². The van der Waals surface area contributed by atoms with E-state index in [2.05, 4.69) is 5.10 Å². The summed E-state index contributed by atoms with van der Waals surface area (Å²) in [4.78, 5) is 24.9. The van der Waals surface area contributed by atoms with Crippen molar-refractivity contribution in [2.24, 2.45) is 0 Å². The van der Waals surface area contributed by atoms with Gasteiger partial charge in [-0.15, -0.1) is 11.3 Å². The summed E-state index contributed by atoms with van der Waals surface area (Å²) in [6.07, 6.45) is 0. The lowest BCUT2D eigenvalue weighted by Crippen LogP contribution is -2.26. The van der Waals surface area contributed by atoms with Crippen molar-refractivity contribution in [2.45, 2.75) is 6.54 Å². The lowest BCUT2D eigenvalue weighted by Gasteiger charge is -2.06. The Bertz CT molecular complexity index is 855. The van der Waals surface area contributed by atoms with E-state index in [9.17, 15) is 14.0 Å². The molecule has 0 aliphatic heterocycles. The second-order valence-corrected chi connectivity index (χ2v) is 5.57. The first-order valence-electron chi connectivity index (χ1n) is 6.54. The Morgan fingerprint density at radius 2 is 1.91 bits per heavy atom. The van der Waals surface area contributed by atoms with Crippen molar-refractivity contribution in [3.63, 3.8) is 0 Å². The Balaban J connectivity index is 1.88. The van der Waals surface area contributed by atoms with Crippen molar-refractivity contribution in [2.75, 3.05) is 0 Å². The molecule has 2 heterocycles. The van der Waals surface area contributed by atoms with Crippen LogP contribution in [0, 0.1) is 5.82 Å². The SMILES string of the molecule is O=C(Cn1nc(-c2cccs2)ccc1=O)c1ccc(F)cc1. The van der Waals surface area contributed by atoms with Crippen molar-refractivity contribution < 1.29 is 9.18 Å². The molecule has 0 aliphatic carbocycles. The molecule has 0 N–H and O–H groups in total. The zero-order valence-electron chi connectivity index (χ0n) is 11.4. The Morgan fingerprint density at radius 1 is 1.14 bits per heavy atom. The summed E-state index contributed by atoms with van der Waals surface area (Å²) >= 11 is 1.50. The second-order valence-electron chi connectivity index (χ2n) is 4.62. The van der Waals surface area contributed by atoms with Crippen molar-refractivity contribution in [1.29, 1.82) is 0 Å². The molecular formula is C16H11FN2O2S. The van der Waals surface area contributed by atoms with E-state index in [-0.39, 0.29) is 17.9 Å². The van der Waals surface area contributed by atoms with Gasteiger partial charge in [0.15, 0.2) is 5.78 Å². The van der Waals surface area contributed by atoms with Crippen LogP contribution < -0.4 is 5.56 Å². The molecule has 2 aromatic heterocycles. The van der Waals surface area contributed by atoms with E-state index in [0.29, 0.717) is 11.3 Å². The maximum atomic E-state index is 12.9. The molecule has 1 aromatic carbocycles. The fourth-order valence-corrected chi connectivity index (χ4v) is 2.67. The maximum Gasteiger partial charge on any atom is 0.267 e. The van der Waals surface area contributed by atoms with Gasteiger partial charge in [-0.2, -0.15) is 5.10 Å². The molecule has 0 fully saturated rings. The number of benzene rings is 1. The number of thiophene rings is 1. The molecule has 0 unspecified atom stereocenters. The van der Waals surface area contributed by atoms with Crippen molar-refractivity contribution >= 4 is 17.1 Å². The molecule has 0 saturated heterocycles. The topological polar surface area (TPSA) is 52.0 Å². The monoisotopic (exact) mass is 314 g/mol. The van der Waals surface area contributed by atoms with Gasteiger partial charge in [0.05, 0.1) is 4.88 Å². The molecular weight excluding hydrogens is 303 g/mol. The number of carbonyl (C=O) groups excluding carboxylic acids is 1. The first-order chi connectivity index (χ1) is 10.6. The molecule has 4 nitrogen and oxygen atoms in total. The summed E-state index contributed by atoms with van der Waals surface area (Å²) < 4.78 is 14.0. The van der Waals surface area contributed by atoms with Gasteiger partial charge >= 0.3 is 0 Å². The number of ketones is 1. The summed E-state index contributed by atoms with van der Waals surface area (Å²) in [5.74, 6) is -0.704. The molecule has 0 bridgehead atoms. The predicted octanol–water partition coefficient (Wildman–Crippen LogP) is 2.99. The van der Waals surface area contributed by atoms with Crippen molar-refractivity contribution in [1.82, 2.24) is 9.78 Å². The minimum atomic E-state index is -0.411. The molecule has 3 aromatic rings. The van der Waals surface area contributed by atoms with Crippen molar-refractivity contribution in [3.05, 3.63) is 75.6 Å². The lowest BCUT2D eigenvalue weighted by molar-refractivity contribution is 0.0966. The summed E-state index contributed by atoms with van der Waals surface area (Å²) in [6, 6.07) is 12.0. The maximum absolute atomic E-state index is 12.9. The molecule has 0 spiro atoms. The van der Waals surface area contributed by atoms with Crippen LogP contribution in [0.15, 0.2) is 58.7 Å². The number of hydrogen-bond acceptors (Lipinski definition) is 4. The number of halogens is 1. The molecule has 6 heteroatoms. The Hall–Kier alpha value is -2.60. The molecule has 3 rings (SSSR count). The molecule has 0 aliphatic rings. The van der Waals surface area contributed by atoms with Gasteiger partial charge in [0.1, 0.15) is 18.1 Å². The van der Waals surface area contributed by atoms with Crippen LogP contribution in [0.1, 0.15) is 10.4 Å². The fraction of sp³-hybridized carbons (Fsp3) is 0.0625. The minimum absolute atomic E-state index is 0.177. The zero-order chi connectivity index (χ0) is 15.5. The normalized spacial score (nSPS) is 10.6. The Kier molecular flexibility index (Phi) is 3.93.